The van der Waals surface area contributed by atoms with Crippen molar-refractivity contribution in [3.8, 4) is 0 Å². The minimum Gasteiger partial charge on any atom is -0.449 e. The van der Waals surface area contributed by atoms with Crippen LogP contribution in [-0.2, 0) is 4.74 Å². The van der Waals surface area contributed by atoms with E-state index < -0.39 is 12.1 Å². The fourth-order valence-electron chi connectivity index (χ4n) is 3.14. The highest BCUT2D eigenvalue weighted by Gasteiger charge is 2.24. The van der Waals surface area contributed by atoms with Crippen molar-refractivity contribution in [2.75, 3.05) is 0 Å². The zero-order chi connectivity index (χ0) is 19.8. The number of benzene rings is 2. The van der Waals surface area contributed by atoms with Gasteiger partial charge in [0.15, 0.2) is 11.5 Å². The number of ketones is 1. The van der Waals surface area contributed by atoms with E-state index in [1.807, 2.05) is 31.2 Å². The molecule has 28 heavy (non-hydrogen) atoms. The Labute approximate surface area is 159 Å². The summed E-state index contributed by atoms with van der Waals surface area (Å²) in [6, 6.07) is 13.6. The molecular weight excluding hydrogens is 358 g/mol. The average molecular weight is 375 g/mol. The summed E-state index contributed by atoms with van der Waals surface area (Å²) in [5, 5.41) is 1.14. The maximum Gasteiger partial charge on any atom is 0.375 e. The number of hydrogen-bond donors (Lipinski definition) is 1. The van der Waals surface area contributed by atoms with Crippen LogP contribution in [-0.4, -0.2) is 22.8 Å². The van der Waals surface area contributed by atoms with Gasteiger partial charge in [-0.15, -0.1) is 0 Å². The van der Waals surface area contributed by atoms with Gasteiger partial charge in [-0.1, -0.05) is 29.8 Å². The Kier molecular flexibility index (Phi) is 4.31. The molecule has 0 unspecified atom stereocenters. The Morgan fingerprint density at radius 2 is 1.86 bits per heavy atom. The van der Waals surface area contributed by atoms with Gasteiger partial charge < -0.3 is 14.1 Å². The predicted octanol–water partition coefficient (Wildman–Crippen LogP) is 4.01. The van der Waals surface area contributed by atoms with E-state index in [0.29, 0.717) is 16.5 Å². The molecule has 4 rings (SSSR count). The van der Waals surface area contributed by atoms with Crippen LogP contribution in [0, 0.1) is 6.92 Å². The monoisotopic (exact) mass is 375 g/mol. The second kappa shape index (κ2) is 6.81. The van der Waals surface area contributed by atoms with Crippen LogP contribution < -0.4 is 5.43 Å². The van der Waals surface area contributed by atoms with E-state index in [1.54, 1.807) is 24.4 Å². The van der Waals surface area contributed by atoms with Crippen LogP contribution in [0.3, 0.4) is 0 Å². The highest BCUT2D eigenvalue weighted by molar-refractivity contribution is 6.10. The number of fused-ring (bicyclic) bond motifs is 2. The predicted molar refractivity (Wildman–Crippen MR) is 105 cm³/mol. The molecular formula is C22H17NO5. The molecule has 0 aliphatic rings. The maximum absolute atomic E-state index is 12.7. The number of aryl methyl sites for hydroxylation is 1. The van der Waals surface area contributed by atoms with Crippen LogP contribution >= 0.6 is 0 Å². The molecule has 6 nitrogen and oxygen atoms in total. The Morgan fingerprint density at radius 1 is 1.07 bits per heavy atom. The number of para-hydroxylation sites is 1. The zero-order valence-electron chi connectivity index (χ0n) is 15.3. The van der Waals surface area contributed by atoms with E-state index >= 15 is 0 Å². The van der Waals surface area contributed by atoms with Gasteiger partial charge in [0.1, 0.15) is 5.58 Å². The molecule has 0 spiro atoms. The van der Waals surface area contributed by atoms with Crippen molar-refractivity contribution >= 4 is 33.6 Å². The molecule has 4 aromatic rings. The number of esters is 1. The summed E-state index contributed by atoms with van der Waals surface area (Å²) < 4.78 is 10.8. The van der Waals surface area contributed by atoms with E-state index in [9.17, 15) is 14.4 Å². The second-order valence-corrected chi connectivity index (χ2v) is 6.63. The van der Waals surface area contributed by atoms with Crippen molar-refractivity contribution in [2.45, 2.75) is 20.0 Å². The van der Waals surface area contributed by atoms with Crippen molar-refractivity contribution in [2.24, 2.45) is 0 Å². The van der Waals surface area contributed by atoms with Crippen molar-refractivity contribution in [3.63, 3.8) is 0 Å². The molecule has 1 atom stereocenters. The van der Waals surface area contributed by atoms with Crippen LogP contribution in [0.2, 0.25) is 0 Å². The third kappa shape index (κ3) is 3.09. The number of ether oxygens (including phenoxy) is 1. The molecule has 0 saturated carbocycles. The van der Waals surface area contributed by atoms with Crippen LogP contribution in [0.4, 0.5) is 0 Å². The number of H-pyrrole nitrogens is 1. The molecule has 0 saturated heterocycles. The molecule has 2 aromatic carbocycles. The van der Waals surface area contributed by atoms with Gasteiger partial charge in [-0.05, 0) is 32.0 Å². The molecule has 0 bridgehead atoms. The first-order valence-corrected chi connectivity index (χ1v) is 8.80. The summed E-state index contributed by atoms with van der Waals surface area (Å²) in [7, 11) is 0. The number of aromatic amines is 1. The third-order valence-corrected chi connectivity index (χ3v) is 4.59. The molecule has 0 radical (unpaired) electrons. The number of Topliss-reactive ketones (excluding diaryl/α,β-unsaturated/α-hetero) is 1. The number of hydrogen-bond acceptors (Lipinski definition) is 5. The largest absolute Gasteiger partial charge is 0.449 e. The van der Waals surface area contributed by atoms with Gasteiger partial charge in [0.05, 0.1) is 5.39 Å². The smallest absolute Gasteiger partial charge is 0.375 e. The lowest BCUT2D eigenvalue weighted by molar-refractivity contribution is 0.0290. The van der Waals surface area contributed by atoms with E-state index in [-0.39, 0.29) is 17.0 Å². The van der Waals surface area contributed by atoms with Crippen LogP contribution in [0.1, 0.15) is 33.4 Å². The first-order valence-electron chi connectivity index (χ1n) is 8.80. The molecule has 6 heteroatoms. The quantitative estimate of drug-likeness (QED) is 0.430. The second-order valence-electron chi connectivity index (χ2n) is 6.63. The fourth-order valence-corrected chi connectivity index (χ4v) is 3.14. The molecule has 2 aromatic heterocycles. The van der Waals surface area contributed by atoms with Crippen LogP contribution in [0.5, 0.6) is 0 Å². The SMILES string of the molecule is Cc1ccc2oc(C(=O)O[C@@H](C)C(=O)c3c[nH]c4ccccc34)cc(=O)c2c1. The summed E-state index contributed by atoms with van der Waals surface area (Å²) in [6.45, 7) is 3.35. The number of rotatable bonds is 4. The molecule has 0 aliphatic heterocycles. The minimum absolute atomic E-state index is 0.236. The Balaban J connectivity index is 1.59. The summed E-state index contributed by atoms with van der Waals surface area (Å²) in [5.41, 5.74) is 2.12. The Hall–Kier alpha value is -3.67. The highest BCUT2D eigenvalue weighted by Crippen LogP contribution is 2.21. The van der Waals surface area contributed by atoms with Gasteiger partial charge in [-0.2, -0.15) is 0 Å². The van der Waals surface area contributed by atoms with Crippen molar-refractivity contribution in [3.05, 3.63) is 81.8 Å². The number of aromatic nitrogens is 1. The van der Waals surface area contributed by atoms with Crippen molar-refractivity contribution in [1.82, 2.24) is 4.98 Å². The summed E-state index contributed by atoms with van der Waals surface area (Å²) in [4.78, 5) is 40.4. The number of carbonyl (C=O) groups excluding carboxylic acids is 2. The van der Waals surface area contributed by atoms with Crippen LogP contribution in [0.25, 0.3) is 21.9 Å². The molecule has 2 heterocycles. The lowest BCUT2D eigenvalue weighted by atomic mass is 10.1. The Morgan fingerprint density at radius 3 is 2.68 bits per heavy atom. The summed E-state index contributed by atoms with van der Waals surface area (Å²) in [6.07, 6.45) is 0.557. The maximum atomic E-state index is 12.7. The van der Waals surface area contributed by atoms with E-state index in [0.717, 1.165) is 22.5 Å². The first kappa shape index (κ1) is 17.7. The summed E-state index contributed by atoms with van der Waals surface area (Å²) >= 11 is 0. The Bertz CT molecular complexity index is 1280. The molecule has 140 valence electrons. The van der Waals surface area contributed by atoms with Gasteiger partial charge in [0, 0.05) is 28.7 Å². The van der Waals surface area contributed by atoms with Gasteiger partial charge in [0.25, 0.3) is 0 Å². The molecule has 0 aliphatic carbocycles. The van der Waals surface area contributed by atoms with E-state index in [1.165, 1.54) is 6.92 Å². The van der Waals surface area contributed by atoms with Crippen LogP contribution in [0.15, 0.2) is 63.9 Å². The first-order chi connectivity index (χ1) is 13.4. The van der Waals surface area contributed by atoms with Gasteiger partial charge in [-0.25, -0.2) is 4.79 Å². The van der Waals surface area contributed by atoms with Crippen molar-refractivity contribution < 1.29 is 18.7 Å². The molecule has 0 amide bonds. The van der Waals surface area contributed by atoms with Crippen molar-refractivity contribution in [1.29, 1.82) is 0 Å². The zero-order valence-corrected chi connectivity index (χ0v) is 15.3. The van der Waals surface area contributed by atoms with E-state index in [2.05, 4.69) is 4.98 Å². The minimum atomic E-state index is -1.04. The number of nitrogens with one attached hydrogen (secondary N) is 1. The lowest BCUT2D eigenvalue weighted by Gasteiger charge is -2.11. The topological polar surface area (TPSA) is 89.4 Å². The van der Waals surface area contributed by atoms with Gasteiger partial charge in [0.2, 0.25) is 11.5 Å². The van der Waals surface area contributed by atoms with Gasteiger partial charge in [-0.3, -0.25) is 9.59 Å². The third-order valence-electron chi connectivity index (χ3n) is 4.59. The highest BCUT2D eigenvalue weighted by atomic mass is 16.6. The lowest BCUT2D eigenvalue weighted by Crippen LogP contribution is -2.24. The summed E-state index contributed by atoms with van der Waals surface area (Å²) in [5.74, 6) is -1.44. The van der Waals surface area contributed by atoms with Gasteiger partial charge >= 0.3 is 5.97 Å². The standard InChI is InChI=1S/C22H17NO5/c1-12-7-8-19-15(9-12)18(24)10-20(28-19)22(26)27-13(2)21(25)16-11-23-17-6-4-3-5-14(16)17/h3-11,13,23H,1-2H3/t13-/m0/s1. The number of carbonyl (C=O) groups is 2. The molecule has 0 fully saturated rings. The van der Waals surface area contributed by atoms with E-state index in [4.69, 9.17) is 9.15 Å². The molecule has 1 N–H and O–H groups in total. The average Bonchev–Trinajstić information content (AvgIpc) is 3.11. The normalized spacial score (nSPS) is 12.2. The fraction of sp³-hybridized carbons (Fsp3) is 0.136.